The largest absolute Gasteiger partial charge is 0.399 e. The SMILES string of the molecule is Nc1ccc(-c2nccc(-c3ccccc3Br)n2)cc1. The van der Waals surface area contributed by atoms with Gasteiger partial charge in [0.1, 0.15) is 0 Å². The molecule has 0 saturated carbocycles. The standard InChI is InChI=1S/C16H12BrN3/c17-14-4-2-1-3-13(14)15-9-10-19-16(20-15)11-5-7-12(18)8-6-11/h1-10H,18H2. The van der Waals surface area contributed by atoms with Crippen molar-refractivity contribution in [2.24, 2.45) is 0 Å². The lowest BCUT2D eigenvalue weighted by atomic mass is 10.1. The highest BCUT2D eigenvalue weighted by Gasteiger charge is 2.06. The molecular formula is C16H12BrN3. The number of hydrogen-bond donors (Lipinski definition) is 1. The summed E-state index contributed by atoms with van der Waals surface area (Å²) in [5, 5.41) is 0. The van der Waals surface area contributed by atoms with Crippen LogP contribution in [0.1, 0.15) is 0 Å². The minimum absolute atomic E-state index is 0.693. The number of hydrogen-bond acceptors (Lipinski definition) is 3. The number of rotatable bonds is 2. The average Bonchev–Trinajstić information content (AvgIpc) is 2.49. The second-order valence-corrected chi connectivity index (χ2v) is 5.22. The Hall–Kier alpha value is -2.20. The van der Waals surface area contributed by atoms with Crippen molar-refractivity contribution in [3.63, 3.8) is 0 Å². The predicted molar refractivity (Wildman–Crippen MR) is 85.0 cm³/mol. The molecule has 20 heavy (non-hydrogen) atoms. The number of nitrogens with zero attached hydrogens (tertiary/aromatic N) is 2. The van der Waals surface area contributed by atoms with Gasteiger partial charge in [-0.25, -0.2) is 9.97 Å². The van der Waals surface area contributed by atoms with Crippen LogP contribution in [0, 0.1) is 0 Å². The maximum Gasteiger partial charge on any atom is 0.159 e. The van der Waals surface area contributed by atoms with Gasteiger partial charge < -0.3 is 5.73 Å². The summed E-state index contributed by atoms with van der Waals surface area (Å²) in [7, 11) is 0. The Morgan fingerprint density at radius 2 is 1.65 bits per heavy atom. The van der Waals surface area contributed by atoms with E-state index in [1.165, 1.54) is 0 Å². The number of nitrogen functional groups attached to an aromatic ring is 1. The fourth-order valence-electron chi connectivity index (χ4n) is 1.95. The summed E-state index contributed by atoms with van der Waals surface area (Å²) >= 11 is 3.55. The first kappa shape index (κ1) is 12.8. The predicted octanol–water partition coefficient (Wildman–Crippen LogP) is 4.16. The summed E-state index contributed by atoms with van der Waals surface area (Å²) in [6, 6.07) is 17.5. The van der Waals surface area contributed by atoms with Gasteiger partial charge in [0.25, 0.3) is 0 Å². The van der Waals surface area contributed by atoms with E-state index in [9.17, 15) is 0 Å². The van der Waals surface area contributed by atoms with Crippen molar-refractivity contribution >= 4 is 21.6 Å². The van der Waals surface area contributed by atoms with Gasteiger partial charge >= 0.3 is 0 Å². The third-order valence-corrected chi connectivity index (χ3v) is 3.67. The van der Waals surface area contributed by atoms with Crippen LogP contribution >= 0.6 is 15.9 Å². The molecule has 4 heteroatoms. The molecule has 0 unspecified atom stereocenters. The molecule has 0 radical (unpaired) electrons. The van der Waals surface area contributed by atoms with Gasteiger partial charge in [0.15, 0.2) is 5.82 Å². The van der Waals surface area contributed by atoms with Crippen LogP contribution < -0.4 is 5.73 Å². The van der Waals surface area contributed by atoms with Crippen molar-refractivity contribution in [3.8, 4) is 22.6 Å². The Morgan fingerprint density at radius 1 is 0.900 bits per heavy atom. The molecule has 2 N–H and O–H groups in total. The maximum absolute atomic E-state index is 5.70. The third kappa shape index (κ3) is 2.56. The number of aromatic nitrogens is 2. The Kier molecular flexibility index (Phi) is 3.48. The van der Waals surface area contributed by atoms with Crippen LogP contribution in [-0.4, -0.2) is 9.97 Å². The van der Waals surface area contributed by atoms with E-state index >= 15 is 0 Å². The summed E-state index contributed by atoms with van der Waals surface area (Å²) in [5.74, 6) is 0.693. The number of benzene rings is 2. The van der Waals surface area contributed by atoms with Crippen molar-refractivity contribution < 1.29 is 0 Å². The zero-order valence-electron chi connectivity index (χ0n) is 10.6. The molecular weight excluding hydrogens is 314 g/mol. The molecule has 0 amide bonds. The molecule has 0 aliphatic heterocycles. The zero-order chi connectivity index (χ0) is 13.9. The minimum atomic E-state index is 0.693. The van der Waals surface area contributed by atoms with Crippen molar-refractivity contribution in [2.45, 2.75) is 0 Å². The first-order valence-corrected chi connectivity index (χ1v) is 6.97. The average molecular weight is 326 g/mol. The van der Waals surface area contributed by atoms with Crippen molar-refractivity contribution in [1.29, 1.82) is 0 Å². The van der Waals surface area contributed by atoms with Crippen LogP contribution in [0.3, 0.4) is 0 Å². The highest BCUT2D eigenvalue weighted by atomic mass is 79.9. The van der Waals surface area contributed by atoms with E-state index in [1.54, 1.807) is 6.20 Å². The Bertz CT molecular complexity index is 739. The lowest BCUT2D eigenvalue weighted by Crippen LogP contribution is -1.92. The van der Waals surface area contributed by atoms with Gasteiger partial charge in [-0.15, -0.1) is 0 Å². The topological polar surface area (TPSA) is 51.8 Å². The highest BCUT2D eigenvalue weighted by molar-refractivity contribution is 9.10. The summed E-state index contributed by atoms with van der Waals surface area (Å²) < 4.78 is 1.02. The Balaban J connectivity index is 2.06. The van der Waals surface area contributed by atoms with E-state index in [-0.39, 0.29) is 0 Å². The molecule has 0 aliphatic carbocycles. The highest BCUT2D eigenvalue weighted by Crippen LogP contribution is 2.27. The monoisotopic (exact) mass is 325 g/mol. The van der Waals surface area contributed by atoms with Gasteiger partial charge in [0, 0.05) is 27.5 Å². The Morgan fingerprint density at radius 3 is 2.40 bits per heavy atom. The van der Waals surface area contributed by atoms with Crippen LogP contribution in [0.4, 0.5) is 5.69 Å². The molecule has 2 aromatic carbocycles. The van der Waals surface area contributed by atoms with E-state index in [1.807, 2.05) is 54.6 Å². The summed E-state index contributed by atoms with van der Waals surface area (Å²) in [6.45, 7) is 0. The number of anilines is 1. The van der Waals surface area contributed by atoms with Crippen LogP contribution in [0.25, 0.3) is 22.6 Å². The van der Waals surface area contributed by atoms with Crippen LogP contribution in [-0.2, 0) is 0 Å². The molecule has 3 rings (SSSR count). The molecule has 98 valence electrons. The van der Waals surface area contributed by atoms with Crippen molar-refractivity contribution in [2.75, 3.05) is 5.73 Å². The van der Waals surface area contributed by atoms with Gasteiger partial charge in [0.05, 0.1) is 5.69 Å². The fraction of sp³-hybridized carbons (Fsp3) is 0. The van der Waals surface area contributed by atoms with E-state index in [0.29, 0.717) is 5.82 Å². The molecule has 3 nitrogen and oxygen atoms in total. The third-order valence-electron chi connectivity index (χ3n) is 2.97. The molecule has 3 aromatic rings. The molecule has 1 heterocycles. The van der Waals surface area contributed by atoms with E-state index in [4.69, 9.17) is 5.73 Å². The normalized spacial score (nSPS) is 10.4. The van der Waals surface area contributed by atoms with Gasteiger partial charge in [-0.2, -0.15) is 0 Å². The van der Waals surface area contributed by atoms with E-state index < -0.39 is 0 Å². The lowest BCUT2D eigenvalue weighted by Gasteiger charge is -2.06. The van der Waals surface area contributed by atoms with Gasteiger partial charge in [0.2, 0.25) is 0 Å². The zero-order valence-corrected chi connectivity index (χ0v) is 12.2. The van der Waals surface area contributed by atoms with Crippen LogP contribution in [0.2, 0.25) is 0 Å². The lowest BCUT2D eigenvalue weighted by molar-refractivity contribution is 1.18. The smallest absolute Gasteiger partial charge is 0.159 e. The molecule has 0 saturated heterocycles. The molecule has 0 bridgehead atoms. The van der Waals surface area contributed by atoms with Crippen LogP contribution in [0.5, 0.6) is 0 Å². The summed E-state index contributed by atoms with van der Waals surface area (Å²) in [4.78, 5) is 8.95. The van der Waals surface area contributed by atoms with E-state index in [0.717, 1.165) is 27.0 Å². The quantitative estimate of drug-likeness (QED) is 0.720. The van der Waals surface area contributed by atoms with Crippen molar-refractivity contribution in [1.82, 2.24) is 9.97 Å². The molecule has 0 aliphatic rings. The van der Waals surface area contributed by atoms with Gasteiger partial charge in [-0.05, 0) is 36.4 Å². The molecule has 1 aromatic heterocycles. The van der Waals surface area contributed by atoms with E-state index in [2.05, 4.69) is 25.9 Å². The van der Waals surface area contributed by atoms with Gasteiger partial charge in [-0.1, -0.05) is 34.1 Å². The molecule has 0 atom stereocenters. The first-order chi connectivity index (χ1) is 9.74. The Labute approximate surface area is 125 Å². The summed E-state index contributed by atoms with van der Waals surface area (Å²) in [5.41, 5.74) is 9.32. The second kappa shape index (κ2) is 5.43. The first-order valence-electron chi connectivity index (χ1n) is 6.18. The molecule has 0 fully saturated rings. The summed E-state index contributed by atoms with van der Waals surface area (Å²) in [6.07, 6.45) is 1.77. The maximum atomic E-state index is 5.70. The number of halogens is 1. The van der Waals surface area contributed by atoms with Crippen LogP contribution in [0.15, 0.2) is 65.3 Å². The number of nitrogens with two attached hydrogens (primary N) is 1. The second-order valence-electron chi connectivity index (χ2n) is 4.37. The van der Waals surface area contributed by atoms with Gasteiger partial charge in [-0.3, -0.25) is 0 Å². The molecule has 0 spiro atoms. The minimum Gasteiger partial charge on any atom is -0.399 e. The van der Waals surface area contributed by atoms with Crippen molar-refractivity contribution in [3.05, 3.63) is 65.3 Å². The fourth-order valence-corrected chi connectivity index (χ4v) is 2.44.